The van der Waals surface area contributed by atoms with Crippen molar-refractivity contribution in [3.05, 3.63) is 64.9 Å². The number of ether oxygens (including phenoxy) is 1. The molecule has 8 heteroatoms. The monoisotopic (exact) mass is 497 g/mol. The van der Waals surface area contributed by atoms with Gasteiger partial charge in [0.25, 0.3) is 0 Å². The van der Waals surface area contributed by atoms with E-state index in [1.807, 2.05) is 36.1 Å². The number of aromatic amines is 1. The van der Waals surface area contributed by atoms with Gasteiger partial charge in [-0.05, 0) is 37.8 Å². The van der Waals surface area contributed by atoms with Crippen LogP contribution in [0.4, 0.5) is 13.2 Å². The van der Waals surface area contributed by atoms with E-state index >= 15 is 8.78 Å². The number of aromatic nitrogens is 1. The van der Waals surface area contributed by atoms with Gasteiger partial charge in [-0.25, -0.2) is 8.78 Å². The van der Waals surface area contributed by atoms with Crippen molar-refractivity contribution < 1.29 is 22.7 Å². The summed E-state index contributed by atoms with van der Waals surface area (Å²) in [6, 6.07) is 9.15. The molecule has 0 radical (unpaired) electrons. The van der Waals surface area contributed by atoms with E-state index < -0.39 is 17.7 Å². The zero-order chi connectivity index (χ0) is 25.0. The van der Waals surface area contributed by atoms with Crippen LogP contribution in [0.25, 0.3) is 10.9 Å². The van der Waals surface area contributed by atoms with Crippen molar-refractivity contribution in [1.82, 2.24) is 14.8 Å². The van der Waals surface area contributed by atoms with Crippen LogP contribution in [-0.2, 0) is 11.2 Å². The van der Waals surface area contributed by atoms with Gasteiger partial charge in [-0.3, -0.25) is 14.1 Å². The van der Waals surface area contributed by atoms with Gasteiger partial charge in [0.05, 0.1) is 12.2 Å². The van der Waals surface area contributed by atoms with E-state index in [1.165, 1.54) is 12.1 Å². The Kier molecular flexibility index (Phi) is 5.94. The lowest BCUT2D eigenvalue weighted by Crippen LogP contribution is -2.49. The summed E-state index contributed by atoms with van der Waals surface area (Å²) in [6.45, 7) is 3.82. The SMILES string of the molecule is C[C@@H]1Cc2c([nH]c3ccccc23)[C@@H](c2c(F)cc(OCCN3CC(CF)C3)cc2F)N1C(=O)C1CC1. The number of fused-ring (bicyclic) bond motifs is 3. The molecule has 36 heavy (non-hydrogen) atoms. The molecule has 1 aliphatic carbocycles. The van der Waals surface area contributed by atoms with Crippen LogP contribution in [0, 0.1) is 23.5 Å². The van der Waals surface area contributed by atoms with Gasteiger partial charge in [-0.2, -0.15) is 0 Å². The van der Waals surface area contributed by atoms with E-state index in [1.54, 1.807) is 4.90 Å². The van der Waals surface area contributed by atoms with Crippen LogP contribution < -0.4 is 4.74 Å². The van der Waals surface area contributed by atoms with E-state index in [0.29, 0.717) is 31.7 Å². The normalized spacial score (nSPS) is 22.5. The Labute approximate surface area is 208 Å². The molecule has 3 aromatic rings. The molecular formula is C28H30F3N3O2. The van der Waals surface area contributed by atoms with Crippen LogP contribution in [0.5, 0.6) is 5.75 Å². The second-order valence-corrected chi connectivity index (χ2v) is 10.5. The van der Waals surface area contributed by atoms with Crippen molar-refractivity contribution in [3.63, 3.8) is 0 Å². The summed E-state index contributed by atoms with van der Waals surface area (Å²) >= 11 is 0. The third kappa shape index (κ3) is 4.05. The van der Waals surface area contributed by atoms with Gasteiger partial charge < -0.3 is 14.6 Å². The Morgan fingerprint density at radius 2 is 1.86 bits per heavy atom. The van der Waals surface area contributed by atoms with E-state index in [-0.39, 0.29) is 48.4 Å². The number of H-pyrrole nitrogens is 1. The second kappa shape index (κ2) is 9.14. The van der Waals surface area contributed by atoms with Crippen LogP contribution in [-0.4, -0.2) is 59.6 Å². The molecule has 1 saturated heterocycles. The quantitative estimate of drug-likeness (QED) is 0.500. The number of hydrogen-bond donors (Lipinski definition) is 1. The average Bonchev–Trinajstić information content (AvgIpc) is 3.61. The fourth-order valence-corrected chi connectivity index (χ4v) is 5.79. The molecule has 190 valence electrons. The maximum atomic E-state index is 15.7. The number of likely N-dealkylation sites (tertiary alicyclic amines) is 1. The number of rotatable bonds is 7. The average molecular weight is 498 g/mol. The lowest BCUT2D eigenvalue weighted by Gasteiger charge is -2.41. The molecule has 2 fully saturated rings. The van der Waals surface area contributed by atoms with Crippen molar-refractivity contribution in [2.24, 2.45) is 11.8 Å². The standard InChI is InChI=1S/C28H30F3N3O2/c1-16-10-21-20-4-2-3-5-24(20)32-26(21)27(34(16)28(35)18-6-7-18)25-22(30)11-19(12-23(25)31)36-9-8-33-14-17(13-29)15-33/h2-5,11-12,16-18,27,32H,6-10,13-15H2,1H3/t16-,27-/m1/s1. The number of halogens is 3. The molecule has 0 bridgehead atoms. The molecule has 1 aromatic heterocycles. The van der Waals surface area contributed by atoms with Crippen molar-refractivity contribution in [2.75, 3.05) is 32.9 Å². The first kappa shape index (κ1) is 23.4. The van der Waals surface area contributed by atoms with Gasteiger partial charge >= 0.3 is 0 Å². The number of hydrogen-bond acceptors (Lipinski definition) is 3. The second-order valence-electron chi connectivity index (χ2n) is 10.5. The largest absolute Gasteiger partial charge is 0.492 e. The highest BCUT2D eigenvalue weighted by Crippen LogP contribution is 2.45. The Morgan fingerprint density at radius 1 is 1.14 bits per heavy atom. The molecule has 0 unspecified atom stereocenters. The molecule has 3 heterocycles. The van der Waals surface area contributed by atoms with Gasteiger partial charge in [0.1, 0.15) is 30.0 Å². The summed E-state index contributed by atoms with van der Waals surface area (Å²) in [4.78, 5) is 20.5. The summed E-state index contributed by atoms with van der Waals surface area (Å²) in [7, 11) is 0. The van der Waals surface area contributed by atoms with Gasteiger partial charge in [-0.15, -0.1) is 0 Å². The van der Waals surface area contributed by atoms with Crippen molar-refractivity contribution >= 4 is 16.8 Å². The maximum Gasteiger partial charge on any atom is 0.226 e. The molecule has 1 N–H and O–H groups in total. The molecule has 0 spiro atoms. The number of carbonyl (C=O) groups excluding carboxylic acids is 1. The fourth-order valence-electron chi connectivity index (χ4n) is 5.79. The molecule has 2 aliphatic heterocycles. The van der Waals surface area contributed by atoms with Crippen LogP contribution >= 0.6 is 0 Å². The van der Waals surface area contributed by atoms with Crippen LogP contribution in [0.3, 0.4) is 0 Å². The van der Waals surface area contributed by atoms with Crippen LogP contribution in [0.15, 0.2) is 36.4 Å². The highest BCUT2D eigenvalue weighted by Gasteiger charge is 2.45. The van der Waals surface area contributed by atoms with Crippen molar-refractivity contribution in [2.45, 2.75) is 38.3 Å². The number of para-hydroxylation sites is 1. The summed E-state index contributed by atoms with van der Waals surface area (Å²) in [6.07, 6.45) is 2.25. The Bertz CT molecular complexity index is 1280. The Morgan fingerprint density at radius 3 is 2.56 bits per heavy atom. The minimum atomic E-state index is -0.878. The van der Waals surface area contributed by atoms with Crippen LogP contribution in [0.2, 0.25) is 0 Å². The number of nitrogens with zero attached hydrogens (tertiary/aromatic N) is 2. The van der Waals surface area contributed by atoms with E-state index in [4.69, 9.17) is 4.74 Å². The lowest BCUT2D eigenvalue weighted by molar-refractivity contribution is -0.137. The first-order valence-corrected chi connectivity index (χ1v) is 12.8. The number of amides is 1. The molecule has 1 saturated carbocycles. The first-order chi connectivity index (χ1) is 17.4. The lowest BCUT2D eigenvalue weighted by atomic mass is 9.87. The predicted octanol–water partition coefficient (Wildman–Crippen LogP) is 5.00. The van der Waals surface area contributed by atoms with Crippen LogP contribution in [0.1, 0.15) is 42.6 Å². The zero-order valence-corrected chi connectivity index (χ0v) is 20.3. The Balaban J connectivity index is 1.33. The van der Waals surface area contributed by atoms with Gasteiger partial charge in [0.15, 0.2) is 0 Å². The Hall–Kier alpha value is -3.00. The van der Waals surface area contributed by atoms with Crippen molar-refractivity contribution in [1.29, 1.82) is 0 Å². The highest BCUT2D eigenvalue weighted by atomic mass is 19.1. The minimum absolute atomic E-state index is 0.0444. The molecule has 5 nitrogen and oxygen atoms in total. The summed E-state index contributed by atoms with van der Waals surface area (Å²) in [5.41, 5.74) is 2.43. The highest BCUT2D eigenvalue weighted by molar-refractivity contribution is 5.87. The first-order valence-electron chi connectivity index (χ1n) is 12.8. The summed E-state index contributed by atoms with van der Waals surface area (Å²) in [5, 5.41) is 1.02. The van der Waals surface area contributed by atoms with Gasteiger partial charge in [-0.1, -0.05) is 18.2 Å². The molecular weight excluding hydrogens is 467 g/mol. The zero-order valence-electron chi connectivity index (χ0n) is 20.3. The molecule has 3 aliphatic rings. The van der Waals surface area contributed by atoms with Gasteiger partial charge in [0.2, 0.25) is 5.91 Å². The van der Waals surface area contributed by atoms with Crippen molar-refractivity contribution in [3.8, 4) is 5.75 Å². The maximum absolute atomic E-state index is 15.7. The van der Waals surface area contributed by atoms with E-state index in [0.717, 1.165) is 29.3 Å². The fraction of sp³-hybridized carbons (Fsp3) is 0.464. The molecule has 2 atom stereocenters. The van der Waals surface area contributed by atoms with E-state index in [2.05, 4.69) is 4.98 Å². The number of nitrogens with one attached hydrogen (secondary N) is 1. The third-order valence-corrected chi connectivity index (χ3v) is 7.81. The molecule has 1 amide bonds. The third-order valence-electron chi connectivity index (χ3n) is 7.81. The van der Waals surface area contributed by atoms with Gasteiger partial charge in [0, 0.05) is 66.2 Å². The molecule has 6 rings (SSSR count). The summed E-state index contributed by atoms with van der Waals surface area (Å²) < 4.78 is 49.6. The number of alkyl halides is 1. The summed E-state index contributed by atoms with van der Waals surface area (Å²) in [5.74, 6) is -1.40. The smallest absolute Gasteiger partial charge is 0.226 e. The minimum Gasteiger partial charge on any atom is -0.492 e. The molecule has 2 aromatic carbocycles. The predicted molar refractivity (Wildman–Crippen MR) is 131 cm³/mol. The topological polar surface area (TPSA) is 48.6 Å². The number of benzene rings is 2. The number of carbonyl (C=O) groups is 1. The van der Waals surface area contributed by atoms with E-state index in [9.17, 15) is 9.18 Å².